The Balaban J connectivity index is 1.88. The molecule has 0 spiro atoms. The first kappa shape index (κ1) is 21.9. The van der Waals surface area contributed by atoms with E-state index >= 15 is 0 Å². The van der Waals surface area contributed by atoms with Crippen LogP contribution in [-0.4, -0.2) is 51.5 Å². The van der Waals surface area contributed by atoms with Crippen molar-refractivity contribution in [3.8, 4) is 10.7 Å². The molecule has 0 fully saturated rings. The molecule has 0 bridgehead atoms. The van der Waals surface area contributed by atoms with Gasteiger partial charge in [-0.15, -0.1) is 21.5 Å². The Morgan fingerprint density at radius 3 is 2.82 bits per heavy atom. The van der Waals surface area contributed by atoms with E-state index in [0.717, 1.165) is 4.88 Å². The number of hydrogen-bond donors (Lipinski definition) is 2. The molecule has 2 aromatic rings. The van der Waals surface area contributed by atoms with Gasteiger partial charge < -0.3 is 20.4 Å². The Bertz CT molecular complexity index is 792. The highest BCUT2D eigenvalue weighted by atomic mass is 32.2. The number of carbonyl (C=O) groups is 3. The minimum absolute atomic E-state index is 0.151. The van der Waals surface area contributed by atoms with E-state index in [1.807, 2.05) is 17.5 Å². The second-order valence-electron chi connectivity index (χ2n) is 5.70. The van der Waals surface area contributed by atoms with Crippen molar-refractivity contribution >= 4 is 40.9 Å². The Hall–Kier alpha value is -2.40. The van der Waals surface area contributed by atoms with Gasteiger partial charge in [0.25, 0.3) is 0 Å². The molecule has 2 rings (SSSR count). The van der Waals surface area contributed by atoms with Crippen LogP contribution in [-0.2, 0) is 25.7 Å². The first-order valence-corrected chi connectivity index (χ1v) is 10.7. The Labute approximate surface area is 171 Å². The molecule has 11 heteroatoms. The third-order valence-corrected chi connectivity index (χ3v) is 5.39. The number of nitrogens with one attached hydrogen (secondary N) is 1. The predicted octanol–water partition coefficient (Wildman–Crippen LogP) is 1.43. The topological polar surface area (TPSA) is 129 Å². The highest BCUT2D eigenvalue weighted by molar-refractivity contribution is 7.99. The predicted molar refractivity (Wildman–Crippen MR) is 107 cm³/mol. The maximum Gasteiger partial charge on any atom is 0.305 e. The number of thioether (sulfide) groups is 1. The van der Waals surface area contributed by atoms with Crippen molar-refractivity contribution in [3.63, 3.8) is 0 Å². The zero-order valence-corrected chi connectivity index (χ0v) is 17.2. The van der Waals surface area contributed by atoms with E-state index in [1.54, 1.807) is 11.5 Å². The Morgan fingerprint density at radius 1 is 1.32 bits per heavy atom. The molecule has 152 valence electrons. The van der Waals surface area contributed by atoms with Gasteiger partial charge in [-0.3, -0.25) is 14.4 Å². The van der Waals surface area contributed by atoms with E-state index in [-0.39, 0.29) is 30.5 Å². The molecule has 28 heavy (non-hydrogen) atoms. The highest BCUT2D eigenvalue weighted by Crippen LogP contribution is 2.27. The van der Waals surface area contributed by atoms with Crippen LogP contribution in [0.15, 0.2) is 22.7 Å². The number of nitrogens with zero attached hydrogens (tertiary/aromatic N) is 3. The van der Waals surface area contributed by atoms with E-state index in [2.05, 4.69) is 15.5 Å². The molecule has 2 aromatic heterocycles. The van der Waals surface area contributed by atoms with Crippen LogP contribution in [0.4, 0.5) is 0 Å². The zero-order valence-electron chi connectivity index (χ0n) is 15.6. The average molecular weight is 426 g/mol. The van der Waals surface area contributed by atoms with E-state index in [0.29, 0.717) is 37.1 Å². The number of rotatable bonds is 12. The standard InChI is InChI=1S/C17H23N5O4S2/c1-2-26-15(25)6-3-8-19-14(24)11-28-17-21-20-16(12-5-4-10-27-12)22(17)9-7-13(18)23/h4-5,10H,2-3,6-9,11H2,1H3,(H2,18,23)(H,19,24). The highest BCUT2D eigenvalue weighted by Gasteiger charge is 2.17. The normalized spacial score (nSPS) is 10.6. The number of amides is 2. The molecule has 0 aliphatic rings. The van der Waals surface area contributed by atoms with Gasteiger partial charge in [-0.2, -0.15) is 0 Å². The summed E-state index contributed by atoms with van der Waals surface area (Å²) < 4.78 is 6.64. The lowest BCUT2D eigenvalue weighted by Gasteiger charge is -2.08. The fourth-order valence-electron chi connectivity index (χ4n) is 2.28. The van der Waals surface area contributed by atoms with Gasteiger partial charge in [-0.05, 0) is 24.8 Å². The summed E-state index contributed by atoms with van der Waals surface area (Å²) in [5.74, 6) is -0.0565. The van der Waals surface area contributed by atoms with Gasteiger partial charge in [0, 0.05) is 25.9 Å². The summed E-state index contributed by atoms with van der Waals surface area (Å²) in [7, 11) is 0. The maximum absolute atomic E-state index is 12.0. The number of esters is 1. The number of aromatic nitrogens is 3. The largest absolute Gasteiger partial charge is 0.466 e. The fraction of sp³-hybridized carbons (Fsp3) is 0.471. The van der Waals surface area contributed by atoms with Gasteiger partial charge in [0.1, 0.15) is 0 Å². The molecule has 0 aliphatic heterocycles. The first-order chi connectivity index (χ1) is 13.5. The van der Waals surface area contributed by atoms with Crippen LogP contribution in [0.25, 0.3) is 10.7 Å². The van der Waals surface area contributed by atoms with Crippen LogP contribution in [0.1, 0.15) is 26.2 Å². The molecule has 9 nitrogen and oxygen atoms in total. The molecule has 2 heterocycles. The molecule has 0 saturated carbocycles. The quantitative estimate of drug-likeness (QED) is 0.299. The van der Waals surface area contributed by atoms with Gasteiger partial charge >= 0.3 is 5.97 Å². The molecule has 0 aliphatic carbocycles. The van der Waals surface area contributed by atoms with E-state index in [9.17, 15) is 14.4 Å². The lowest BCUT2D eigenvalue weighted by Crippen LogP contribution is -2.26. The van der Waals surface area contributed by atoms with Crippen LogP contribution >= 0.6 is 23.1 Å². The third-order valence-electron chi connectivity index (χ3n) is 3.56. The van der Waals surface area contributed by atoms with Crippen molar-refractivity contribution in [1.82, 2.24) is 20.1 Å². The van der Waals surface area contributed by atoms with Crippen LogP contribution < -0.4 is 11.1 Å². The van der Waals surface area contributed by atoms with Crippen LogP contribution in [0.3, 0.4) is 0 Å². The third kappa shape index (κ3) is 6.97. The number of hydrogen-bond acceptors (Lipinski definition) is 8. The van der Waals surface area contributed by atoms with Crippen molar-refractivity contribution in [2.75, 3.05) is 18.9 Å². The van der Waals surface area contributed by atoms with Gasteiger partial charge in [0.05, 0.1) is 17.2 Å². The maximum atomic E-state index is 12.0. The Kier molecular flexibility index (Phi) is 8.95. The van der Waals surface area contributed by atoms with Crippen molar-refractivity contribution in [2.45, 2.75) is 37.9 Å². The van der Waals surface area contributed by atoms with Crippen LogP contribution in [0.2, 0.25) is 0 Å². The van der Waals surface area contributed by atoms with Gasteiger partial charge in [-0.25, -0.2) is 0 Å². The number of thiophene rings is 1. The fourth-order valence-corrected chi connectivity index (χ4v) is 3.79. The summed E-state index contributed by atoms with van der Waals surface area (Å²) in [6.07, 6.45) is 0.948. The minimum Gasteiger partial charge on any atom is -0.466 e. The molecule has 0 saturated heterocycles. The molecule has 0 atom stereocenters. The van der Waals surface area contributed by atoms with Gasteiger partial charge in [0.2, 0.25) is 11.8 Å². The second-order valence-corrected chi connectivity index (χ2v) is 7.59. The van der Waals surface area contributed by atoms with Crippen LogP contribution in [0.5, 0.6) is 0 Å². The number of ether oxygens (including phenoxy) is 1. The molecule has 0 aromatic carbocycles. The van der Waals surface area contributed by atoms with E-state index < -0.39 is 5.91 Å². The first-order valence-electron chi connectivity index (χ1n) is 8.81. The Morgan fingerprint density at radius 2 is 2.14 bits per heavy atom. The summed E-state index contributed by atoms with van der Waals surface area (Å²) in [6, 6.07) is 3.82. The van der Waals surface area contributed by atoms with Crippen molar-refractivity contribution in [3.05, 3.63) is 17.5 Å². The minimum atomic E-state index is -0.416. The second kappa shape index (κ2) is 11.4. The summed E-state index contributed by atoms with van der Waals surface area (Å²) in [6.45, 7) is 2.85. The van der Waals surface area contributed by atoms with Crippen LogP contribution in [0, 0.1) is 0 Å². The molecular formula is C17H23N5O4S2. The summed E-state index contributed by atoms with van der Waals surface area (Å²) >= 11 is 2.75. The lowest BCUT2D eigenvalue weighted by molar-refractivity contribution is -0.143. The molecule has 0 unspecified atom stereocenters. The zero-order chi connectivity index (χ0) is 20.4. The molecular weight excluding hydrogens is 402 g/mol. The molecule has 3 N–H and O–H groups in total. The van der Waals surface area contributed by atoms with Crippen molar-refractivity contribution in [2.24, 2.45) is 5.73 Å². The molecule has 2 amide bonds. The monoisotopic (exact) mass is 425 g/mol. The summed E-state index contributed by atoms with van der Waals surface area (Å²) in [5, 5.41) is 13.6. The van der Waals surface area contributed by atoms with Crippen molar-refractivity contribution < 1.29 is 19.1 Å². The summed E-state index contributed by atoms with van der Waals surface area (Å²) in [4.78, 5) is 35.4. The summed E-state index contributed by atoms with van der Waals surface area (Å²) in [5.41, 5.74) is 5.26. The lowest BCUT2D eigenvalue weighted by atomic mass is 10.3. The number of nitrogens with two attached hydrogens (primary N) is 1. The smallest absolute Gasteiger partial charge is 0.305 e. The average Bonchev–Trinajstić information content (AvgIpc) is 3.31. The number of primary amides is 1. The van der Waals surface area contributed by atoms with E-state index in [1.165, 1.54) is 23.1 Å². The number of carbonyl (C=O) groups excluding carboxylic acids is 3. The van der Waals surface area contributed by atoms with Gasteiger partial charge in [-0.1, -0.05) is 17.8 Å². The SMILES string of the molecule is CCOC(=O)CCCNC(=O)CSc1nnc(-c2cccs2)n1CCC(N)=O. The van der Waals surface area contributed by atoms with Crippen molar-refractivity contribution in [1.29, 1.82) is 0 Å². The molecule has 0 radical (unpaired) electrons. The van der Waals surface area contributed by atoms with Gasteiger partial charge in [0.15, 0.2) is 11.0 Å². The van der Waals surface area contributed by atoms with E-state index in [4.69, 9.17) is 10.5 Å².